The normalized spacial score (nSPS) is 23.1. The highest BCUT2D eigenvalue weighted by molar-refractivity contribution is 6.07. The monoisotopic (exact) mass is 446 g/mol. The summed E-state index contributed by atoms with van der Waals surface area (Å²) in [6.07, 6.45) is 2.73. The number of nitrogens with zero attached hydrogens (tertiary/aromatic N) is 3. The molecule has 3 heterocycles. The number of amides is 4. The molecule has 4 amide bonds. The van der Waals surface area contributed by atoms with Gasteiger partial charge in [0.15, 0.2) is 0 Å². The number of hydrogen-bond donors (Lipinski definition) is 1. The third-order valence-corrected chi connectivity index (χ3v) is 7.22. The predicted molar refractivity (Wildman–Crippen MR) is 124 cm³/mol. The number of likely N-dealkylation sites (tertiary alicyclic amines) is 2. The molecule has 2 aromatic carbocycles. The van der Waals surface area contributed by atoms with Gasteiger partial charge in [0.2, 0.25) is 0 Å². The number of carbonyl (C=O) groups is 3. The van der Waals surface area contributed by atoms with E-state index in [1.54, 1.807) is 17.0 Å². The van der Waals surface area contributed by atoms with Crippen LogP contribution in [0.4, 0.5) is 4.79 Å². The van der Waals surface area contributed by atoms with Crippen molar-refractivity contribution in [1.29, 1.82) is 0 Å². The molecule has 0 bridgehead atoms. The van der Waals surface area contributed by atoms with Crippen LogP contribution in [0.15, 0.2) is 60.7 Å². The largest absolute Gasteiger partial charge is 0.337 e. The molecule has 1 N–H and O–H groups in total. The second-order valence-corrected chi connectivity index (χ2v) is 9.36. The number of carbonyl (C=O) groups excluding carboxylic acids is 3. The number of piperidine rings is 2. The van der Waals surface area contributed by atoms with Gasteiger partial charge in [0, 0.05) is 38.3 Å². The van der Waals surface area contributed by atoms with Crippen molar-refractivity contribution in [2.75, 3.05) is 26.2 Å². The van der Waals surface area contributed by atoms with Crippen LogP contribution in [-0.2, 0) is 11.3 Å². The van der Waals surface area contributed by atoms with Gasteiger partial charge in [-0.3, -0.25) is 19.4 Å². The molecule has 1 spiro atoms. The number of nitrogens with one attached hydrogen (secondary N) is 1. The molecule has 33 heavy (non-hydrogen) atoms. The number of urea groups is 1. The number of rotatable bonds is 4. The first-order chi connectivity index (χ1) is 16.1. The molecule has 1 unspecified atom stereocenters. The lowest BCUT2D eigenvalue weighted by molar-refractivity contribution is -0.135. The molecular weight excluding hydrogens is 416 g/mol. The topological polar surface area (TPSA) is 73.0 Å². The maximum absolute atomic E-state index is 13.5. The van der Waals surface area contributed by atoms with E-state index in [4.69, 9.17) is 0 Å². The number of imide groups is 1. The molecule has 7 nitrogen and oxygen atoms in total. The van der Waals surface area contributed by atoms with Crippen LogP contribution in [-0.4, -0.2) is 70.3 Å². The summed E-state index contributed by atoms with van der Waals surface area (Å²) < 4.78 is 0. The smallest absolute Gasteiger partial charge is 0.325 e. The summed E-state index contributed by atoms with van der Waals surface area (Å²) in [6, 6.07) is 18.9. The Morgan fingerprint density at radius 3 is 2.30 bits per heavy atom. The quantitative estimate of drug-likeness (QED) is 0.733. The average molecular weight is 447 g/mol. The molecule has 3 aliphatic rings. The average Bonchev–Trinajstić information content (AvgIpc) is 3.10. The second kappa shape index (κ2) is 8.98. The molecule has 2 aromatic rings. The lowest BCUT2D eigenvalue weighted by atomic mass is 9.87. The number of benzene rings is 2. The SMILES string of the molecule is O=C(c1ccccc1)N1CCCC(N2C(=O)NC3(CCN(Cc4ccccc4)CC3)C2=O)C1. The summed E-state index contributed by atoms with van der Waals surface area (Å²) in [5, 5.41) is 3.03. The molecule has 0 aromatic heterocycles. The van der Waals surface area contributed by atoms with E-state index < -0.39 is 5.54 Å². The maximum atomic E-state index is 13.5. The minimum Gasteiger partial charge on any atom is -0.337 e. The van der Waals surface area contributed by atoms with Crippen molar-refractivity contribution in [3.05, 3.63) is 71.8 Å². The fraction of sp³-hybridized carbons (Fsp3) is 0.423. The van der Waals surface area contributed by atoms with Gasteiger partial charge in [0.25, 0.3) is 11.8 Å². The molecule has 0 radical (unpaired) electrons. The van der Waals surface area contributed by atoms with E-state index in [-0.39, 0.29) is 23.9 Å². The van der Waals surface area contributed by atoms with Gasteiger partial charge in [-0.05, 0) is 43.4 Å². The zero-order valence-electron chi connectivity index (χ0n) is 18.8. The fourth-order valence-corrected chi connectivity index (χ4v) is 5.36. The van der Waals surface area contributed by atoms with Gasteiger partial charge in [0.1, 0.15) is 5.54 Å². The van der Waals surface area contributed by atoms with E-state index in [0.717, 1.165) is 32.5 Å². The zero-order valence-corrected chi connectivity index (χ0v) is 18.8. The molecule has 3 fully saturated rings. The lowest BCUT2D eigenvalue weighted by Gasteiger charge is -2.39. The van der Waals surface area contributed by atoms with Gasteiger partial charge in [-0.15, -0.1) is 0 Å². The van der Waals surface area contributed by atoms with E-state index >= 15 is 0 Å². The van der Waals surface area contributed by atoms with Crippen molar-refractivity contribution in [3.63, 3.8) is 0 Å². The molecule has 0 aliphatic carbocycles. The minimum atomic E-state index is -0.810. The zero-order chi connectivity index (χ0) is 22.8. The van der Waals surface area contributed by atoms with Crippen molar-refractivity contribution < 1.29 is 14.4 Å². The fourth-order valence-electron chi connectivity index (χ4n) is 5.36. The van der Waals surface area contributed by atoms with E-state index in [1.807, 2.05) is 36.4 Å². The molecule has 1 atom stereocenters. The van der Waals surface area contributed by atoms with Gasteiger partial charge < -0.3 is 10.2 Å². The van der Waals surface area contributed by atoms with E-state index in [1.165, 1.54) is 10.5 Å². The van der Waals surface area contributed by atoms with E-state index in [2.05, 4.69) is 22.3 Å². The van der Waals surface area contributed by atoms with Crippen LogP contribution in [0.2, 0.25) is 0 Å². The van der Waals surface area contributed by atoms with Gasteiger partial charge in [0.05, 0.1) is 6.04 Å². The highest BCUT2D eigenvalue weighted by atomic mass is 16.2. The highest BCUT2D eigenvalue weighted by Crippen LogP contribution is 2.33. The molecule has 3 saturated heterocycles. The van der Waals surface area contributed by atoms with Crippen molar-refractivity contribution >= 4 is 17.8 Å². The second-order valence-electron chi connectivity index (χ2n) is 9.36. The first-order valence-corrected chi connectivity index (χ1v) is 11.8. The summed E-state index contributed by atoms with van der Waals surface area (Å²) >= 11 is 0. The summed E-state index contributed by atoms with van der Waals surface area (Å²) in [6.45, 7) is 3.41. The van der Waals surface area contributed by atoms with Gasteiger partial charge in [-0.1, -0.05) is 48.5 Å². The van der Waals surface area contributed by atoms with Crippen molar-refractivity contribution in [3.8, 4) is 0 Å². The third kappa shape index (κ3) is 4.25. The Hall–Kier alpha value is -3.19. The predicted octanol–water partition coefficient (Wildman–Crippen LogP) is 2.88. The van der Waals surface area contributed by atoms with Gasteiger partial charge in [-0.2, -0.15) is 0 Å². The Kier molecular flexibility index (Phi) is 5.89. The molecule has 5 rings (SSSR count). The molecular formula is C26H30N4O3. The van der Waals surface area contributed by atoms with Crippen LogP contribution in [0.1, 0.15) is 41.6 Å². The Bertz CT molecular complexity index is 1020. The molecule has 172 valence electrons. The molecule has 3 aliphatic heterocycles. The minimum absolute atomic E-state index is 0.0451. The van der Waals surface area contributed by atoms with Gasteiger partial charge >= 0.3 is 6.03 Å². The molecule has 7 heteroatoms. The first kappa shape index (κ1) is 21.6. The standard InChI is InChI=1S/C26H30N4O3/c31-23(21-10-5-2-6-11-21)29-15-7-12-22(19-29)30-24(32)26(27-25(30)33)13-16-28(17-14-26)18-20-8-3-1-4-9-20/h1-6,8-11,22H,7,12-19H2,(H,27,33). The maximum Gasteiger partial charge on any atom is 0.325 e. The third-order valence-electron chi connectivity index (χ3n) is 7.22. The summed E-state index contributed by atoms with van der Waals surface area (Å²) in [5.74, 6) is -0.165. The number of hydrogen-bond acceptors (Lipinski definition) is 4. The van der Waals surface area contributed by atoms with Crippen molar-refractivity contribution in [2.24, 2.45) is 0 Å². The van der Waals surface area contributed by atoms with Crippen LogP contribution >= 0.6 is 0 Å². The Morgan fingerprint density at radius 1 is 0.939 bits per heavy atom. The lowest BCUT2D eigenvalue weighted by Crippen LogP contribution is -2.56. The van der Waals surface area contributed by atoms with Crippen LogP contribution in [0.3, 0.4) is 0 Å². The van der Waals surface area contributed by atoms with E-state index in [9.17, 15) is 14.4 Å². The summed E-state index contributed by atoms with van der Waals surface area (Å²) in [5.41, 5.74) is 1.08. The van der Waals surface area contributed by atoms with Crippen molar-refractivity contribution in [1.82, 2.24) is 20.0 Å². The Balaban J connectivity index is 1.24. The van der Waals surface area contributed by atoms with Crippen LogP contribution in [0.5, 0.6) is 0 Å². The van der Waals surface area contributed by atoms with Crippen molar-refractivity contribution in [2.45, 2.75) is 43.8 Å². The Labute approximate surface area is 194 Å². The van der Waals surface area contributed by atoms with Gasteiger partial charge in [-0.25, -0.2) is 4.79 Å². The van der Waals surface area contributed by atoms with Crippen LogP contribution < -0.4 is 5.32 Å². The Morgan fingerprint density at radius 2 is 1.61 bits per heavy atom. The van der Waals surface area contributed by atoms with Crippen LogP contribution in [0.25, 0.3) is 0 Å². The summed E-state index contributed by atoms with van der Waals surface area (Å²) in [4.78, 5) is 44.9. The highest BCUT2D eigenvalue weighted by Gasteiger charge is 2.54. The summed E-state index contributed by atoms with van der Waals surface area (Å²) in [7, 11) is 0. The molecule has 0 saturated carbocycles. The van der Waals surface area contributed by atoms with Crippen LogP contribution in [0, 0.1) is 0 Å². The first-order valence-electron chi connectivity index (χ1n) is 11.8. The van der Waals surface area contributed by atoms with E-state index in [0.29, 0.717) is 31.5 Å².